The highest BCUT2D eigenvalue weighted by molar-refractivity contribution is 9.10. The topological polar surface area (TPSA) is 59.1 Å². The number of hydrogen-bond acceptors (Lipinski definition) is 2. The molecule has 0 heterocycles. The lowest BCUT2D eigenvalue weighted by Gasteiger charge is -2.11. The van der Waals surface area contributed by atoms with Gasteiger partial charge in [0.05, 0.1) is 10.6 Å². The van der Waals surface area contributed by atoms with Crippen molar-refractivity contribution in [3.63, 3.8) is 0 Å². The van der Waals surface area contributed by atoms with Crippen molar-refractivity contribution in [2.24, 2.45) is 5.73 Å². The minimum absolute atomic E-state index is 0.0447. The minimum atomic E-state index is -0.0447. The molecule has 0 radical (unpaired) electrons. The van der Waals surface area contributed by atoms with Crippen molar-refractivity contribution in [2.45, 2.75) is 0 Å². The Balaban J connectivity index is 2.40. The summed E-state index contributed by atoms with van der Waals surface area (Å²) in [5.41, 5.74) is 6.03. The molecular weight excluding hydrogens is 316 g/mol. The summed E-state index contributed by atoms with van der Waals surface area (Å²) in [5.74, 6) is 0.974. The van der Waals surface area contributed by atoms with E-state index in [0.717, 1.165) is 4.47 Å². The molecule has 0 saturated carbocycles. The maximum Gasteiger partial charge on any atom is 0.147 e. The van der Waals surface area contributed by atoms with Crippen molar-refractivity contribution in [1.82, 2.24) is 0 Å². The van der Waals surface area contributed by atoms with Crippen LogP contribution in [-0.2, 0) is 0 Å². The predicted molar refractivity (Wildman–Crippen MR) is 76.7 cm³/mol. The second-order valence-electron chi connectivity index (χ2n) is 3.59. The second-order valence-corrected chi connectivity index (χ2v) is 4.91. The molecule has 92 valence electrons. The van der Waals surface area contributed by atoms with Gasteiger partial charge < -0.3 is 10.5 Å². The van der Waals surface area contributed by atoms with E-state index in [4.69, 9.17) is 27.5 Å². The van der Waals surface area contributed by atoms with E-state index in [1.807, 2.05) is 12.1 Å². The van der Waals surface area contributed by atoms with E-state index in [1.165, 1.54) is 0 Å². The van der Waals surface area contributed by atoms with Crippen LogP contribution in [0.2, 0.25) is 5.02 Å². The smallest absolute Gasteiger partial charge is 0.147 e. The maximum atomic E-state index is 7.49. The summed E-state index contributed by atoms with van der Waals surface area (Å²) in [6.45, 7) is 0. The third kappa shape index (κ3) is 2.83. The van der Waals surface area contributed by atoms with E-state index in [9.17, 15) is 0 Å². The molecule has 0 amide bonds. The van der Waals surface area contributed by atoms with Crippen LogP contribution in [0.25, 0.3) is 0 Å². The molecule has 0 fully saturated rings. The average Bonchev–Trinajstić information content (AvgIpc) is 2.34. The van der Waals surface area contributed by atoms with Crippen LogP contribution in [0.15, 0.2) is 46.9 Å². The Morgan fingerprint density at radius 1 is 1.17 bits per heavy atom. The molecule has 0 aliphatic rings. The first-order valence-electron chi connectivity index (χ1n) is 5.14. The van der Waals surface area contributed by atoms with Crippen LogP contribution < -0.4 is 10.5 Å². The second kappa shape index (κ2) is 5.42. The summed E-state index contributed by atoms with van der Waals surface area (Å²) in [6, 6.07) is 12.4. The van der Waals surface area contributed by atoms with Crippen molar-refractivity contribution in [3.05, 3.63) is 57.5 Å². The van der Waals surface area contributed by atoms with Gasteiger partial charge in [-0.3, -0.25) is 5.41 Å². The molecule has 0 saturated heterocycles. The summed E-state index contributed by atoms with van der Waals surface area (Å²) in [7, 11) is 0. The monoisotopic (exact) mass is 324 g/mol. The summed E-state index contributed by atoms with van der Waals surface area (Å²) in [5, 5.41) is 7.99. The fraction of sp³-hybridized carbons (Fsp3) is 0. The number of ether oxygens (including phenoxy) is 1. The number of para-hydroxylation sites is 1. The zero-order valence-electron chi connectivity index (χ0n) is 9.28. The third-order valence-corrected chi connectivity index (χ3v) is 3.10. The SMILES string of the molecule is N=C(N)c1ccccc1Oc1cc(Br)ccc1Cl. The Kier molecular flexibility index (Phi) is 3.89. The maximum absolute atomic E-state index is 7.49. The van der Waals surface area contributed by atoms with E-state index in [2.05, 4.69) is 15.9 Å². The van der Waals surface area contributed by atoms with Crippen LogP contribution in [0, 0.1) is 5.41 Å². The van der Waals surface area contributed by atoms with Crippen molar-refractivity contribution < 1.29 is 4.74 Å². The fourth-order valence-electron chi connectivity index (χ4n) is 1.45. The fourth-order valence-corrected chi connectivity index (χ4v) is 1.95. The lowest BCUT2D eigenvalue weighted by molar-refractivity contribution is 0.481. The molecule has 5 heteroatoms. The first-order valence-corrected chi connectivity index (χ1v) is 6.31. The van der Waals surface area contributed by atoms with Crippen LogP contribution in [0.4, 0.5) is 0 Å². The molecule has 2 rings (SSSR count). The van der Waals surface area contributed by atoms with E-state index in [1.54, 1.807) is 30.3 Å². The molecule has 18 heavy (non-hydrogen) atoms. The highest BCUT2D eigenvalue weighted by Crippen LogP contribution is 2.33. The molecule has 3 N–H and O–H groups in total. The third-order valence-electron chi connectivity index (χ3n) is 2.29. The number of nitrogen functional groups attached to an aromatic ring is 1. The molecule has 0 spiro atoms. The van der Waals surface area contributed by atoms with Crippen molar-refractivity contribution >= 4 is 33.4 Å². The number of nitrogens with two attached hydrogens (primary N) is 1. The molecule has 2 aromatic rings. The van der Waals surface area contributed by atoms with Gasteiger partial charge in [-0.15, -0.1) is 0 Å². The molecule has 0 unspecified atom stereocenters. The zero-order chi connectivity index (χ0) is 13.1. The molecule has 0 aliphatic heterocycles. The summed E-state index contributed by atoms with van der Waals surface area (Å²) < 4.78 is 6.56. The highest BCUT2D eigenvalue weighted by Gasteiger charge is 2.09. The Hall–Kier alpha value is -1.52. The Labute approximate surface area is 118 Å². The van der Waals surface area contributed by atoms with Gasteiger partial charge in [-0.05, 0) is 30.3 Å². The Morgan fingerprint density at radius 2 is 1.89 bits per heavy atom. The van der Waals surface area contributed by atoms with Crippen LogP contribution in [0.3, 0.4) is 0 Å². The quantitative estimate of drug-likeness (QED) is 0.657. The molecule has 0 bridgehead atoms. The largest absolute Gasteiger partial charge is 0.455 e. The Morgan fingerprint density at radius 3 is 2.61 bits per heavy atom. The van der Waals surface area contributed by atoms with Crippen LogP contribution >= 0.6 is 27.5 Å². The van der Waals surface area contributed by atoms with Gasteiger partial charge in [0.25, 0.3) is 0 Å². The van der Waals surface area contributed by atoms with Gasteiger partial charge in [0, 0.05) is 4.47 Å². The molecule has 3 nitrogen and oxygen atoms in total. The highest BCUT2D eigenvalue weighted by atomic mass is 79.9. The molecule has 0 aromatic heterocycles. The van der Waals surface area contributed by atoms with Gasteiger partial charge >= 0.3 is 0 Å². The lowest BCUT2D eigenvalue weighted by atomic mass is 10.2. The van der Waals surface area contributed by atoms with Gasteiger partial charge in [0.15, 0.2) is 0 Å². The molecule has 0 aliphatic carbocycles. The van der Waals surface area contributed by atoms with Gasteiger partial charge in [0.1, 0.15) is 17.3 Å². The number of hydrogen-bond donors (Lipinski definition) is 2. The van der Waals surface area contributed by atoms with Crippen molar-refractivity contribution in [2.75, 3.05) is 0 Å². The summed E-state index contributed by atoms with van der Waals surface area (Å²) in [6.07, 6.45) is 0. The number of benzene rings is 2. The van der Waals surface area contributed by atoms with E-state index in [-0.39, 0.29) is 5.84 Å². The van der Waals surface area contributed by atoms with E-state index >= 15 is 0 Å². The van der Waals surface area contributed by atoms with E-state index in [0.29, 0.717) is 22.1 Å². The van der Waals surface area contributed by atoms with Gasteiger partial charge in [0.2, 0.25) is 0 Å². The number of rotatable bonds is 3. The number of amidine groups is 1. The molecule has 2 aromatic carbocycles. The van der Waals surface area contributed by atoms with Gasteiger partial charge in [-0.25, -0.2) is 0 Å². The molecular formula is C13H10BrClN2O. The number of nitrogens with one attached hydrogen (secondary N) is 1. The summed E-state index contributed by atoms with van der Waals surface area (Å²) in [4.78, 5) is 0. The summed E-state index contributed by atoms with van der Waals surface area (Å²) >= 11 is 9.40. The molecule has 0 atom stereocenters. The normalized spacial score (nSPS) is 10.1. The minimum Gasteiger partial charge on any atom is -0.455 e. The van der Waals surface area contributed by atoms with Gasteiger partial charge in [-0.1, -0.05) is 39.7 Å². The number of halogens is 2. The Bertz CT molecular complexity index is 601. The first kappa shape index (κ1) is 12.9. The first-order chi connectivity index (χ1) is 8.58. The zero-order valence-corrected chi connectivity index (χ0v) is 11.6. The van der Waals surface area contributed by atoms with Crippen LogP contribution in [0.1, 0.15) is 5.56 Å². The van der Waals surface area contributed by atoms with E-state index < -0.39 is 0 Å². The van der Waals surface area contributed by atoms with Crippen molar-refractivity contribution in [1.29, 1.82) is 5.41 Å². The predicted octanol–water partition coefficient (Wildman–Crippen LogP) is 4.18. The van der Waals surface area contributed by atoms with Gasteiger partial charge in [-0.2, -0.15) is 0 Å². The lowest BCUT2D eigenvalue weighted by Crippen LogP contribution is -2.12. The average molecular weight is 326 g/mol. The van der Waals surface area contributed by atoms with Crippen LogP contribution in [0.5, 0.6) is 11.5 Å². The van der Waals surface area contributed by atoms with Crippen LogP contribution in [-0.4, -0.2) is 5.84 Å². The van der Waals surface area contributed by atoms with Crippen molar-refractivity contribution in [3.8, 4) is 11.5 Å². The standard InChI is InChI=1S/C13H10BrClN2O/c14-8-5-6-10(15)12(7-8)18-11-4-2-1-3-9(11)13(16)17/h1-7H,(H3,16,17).